The quantitative estimate of drug-likeness (QED) is 0.558. The number of aliphatic carboxylic acids is 1. The molecule has 1 atom stereocenters. The van der Waals surface area contributed by atoms with E-state index in [4.69, 9.17) is 14.6 Å². The minimum Gasteiger partial charge on any atom is -0.480 e. The molecular formula is C11H23NO5. The summed E-state index contributed by atoms with van der Waals surface area (Å²) in [5.41, 5.74) is 0. The highest BCUT2D eigenvalue weighted by Crippen LogP contribution is 1.97. The molecule has 0 amide bonds. The highest BCUT2D eigenvalue weighted by atomic mass is 16.5. The summed E-state index contributed by atoms with van der Waals surface area (Å²) >= 11 is 0. The fourth-order valence-corrected chi connectivity index (χ4v) is 1.30. The van der Waals surface area contributed by atoms with Crippen LogP contribution in [0.25, 0.3) is 0 Å². The van der Waals surface area contributed by atoms with Crippen LogP contribution < -0.4 is 0 Å². The van der Waals surface area contributed by atoms with E-state index < -0.39 is 12.1 Å². The molecule has 0 radical (unpaired) electrons. The van der Waals surface area contributed by atoms with Crippen molar-refractivity contribution < 1.29 is 24.5 Å². The molecule has 0 aromatic rings. The Bertz CT molecular complexity index is 210. The van der Waals surface area contributed by atoms with Gasteiger partial charge in [-0.3, -0.25) is 9.69 Å². The van der Waals surface area contributed by atoms with Crippen molar-refractivity contribution in [1.29, 1.82) is 0 Å². The van der Waals surface area contributed by atoms with E-state index in [1.165, 1.54) is 0 Å². The number of rotatable bonds is 10. The monoisotopic (exact) mass is 249 g/mol. The molecule has 0 aromatic carbocycles. The zero-order chi connectivity index (χ0) is 13.3. The predicted octanol–water partition coefficient (Wildman–Crippen LogP) is -0.195. The number of hydrogen-bond acceptors (Lipinski definition) is 5. The number of ether oxygens (including phenoxy) is 2. The molecule has 6 heteroatoms. The van der Waals surface area contributed by atoms with E-state index in [-0.39, 0.29) is 25.8 Å². The van der Waals surface area contributed by atoms with Gasteiger partial charge in [0.2, 0.25) is 0 Å². The van der Waals surface area contributed by atoms with E-state index in [0.29, 0.717) is 13.2 Å². The molecule has 1 unspecified atom stereocenters. The molecule has 0 saturated carbocycles. The molecule has 0 aliphatic rings. The Hall–Kier alpha value is -0.690. The number of aliphatic hydroxyl groups excluding tert-OH is 1. The molecule has 0 aliphatic carbocycles. The van der Waals surface area contributed by atoms with Crippen molar-refractivity contribution in [3.8, 4) is 0 Å². The van der Waals surface area contributed by atoms with Crippen LogP contribution in [0, 0.1) is 0 Å². The van der Waals surface area contributed by atoms with Gasteiger partial charge in [-0.25, -0.2) is 0 Å². The van der Waals surface area contributed by atoms with Crippen molar-refractivity contribution in [2.24, 2.45) is 0 Å². The number of carboxylic acid groups (broad SMARTS) is 1. The molecule has 0 rings (SSSR count). The van der Waals surface area contributed by atoms with Crippen LogP contribution in [0.5, 0.6) is 0 Å². The Morgan fingerprint density at radius 1 is 1.41 bits per heavy atom. The van der Waals surface area contributed by atoms with Crippen LogP contribution in [0.4, 0.5) is 0 Å². The van der Waals surface area contributed by atoms with Crippen molar-refractivity contribution in [3.05, 3.63) is 0 Å². The van der Waals surface area contributed by atoms with Gasteiger partial charge in [-0.15, -0.1) is 0 Å². The minimum atomic E-state index is -0.918. The second kappa shape index (κ2) is 9.35. The summed E-state index contributed by atoms with van der Waals surface area (Å²) in [6.07, 6.45) is -0.634. The van der Waals surface area contributed by atoms with Crippen molar-refractivity contribution in [2.45, 2.75) is 26.1 Å². The summed E-state index contributed by atoms with van der Waals surface area (Å²) in [4.78, 5) is 12.3. The van der Waals surface area contributed by atoms with E-state index >= 15 is 0 Å². The fourth-order valence-electron chi connectivity index (χ4n) is 1.30. The zero-order valence-corrected chi connectivity index (χ0v) is 10.8. The van der Waals surface area contributed by atoms with Crippen LogP contribution in [0.3, 0.4) is 0 Å². The molecule has 0 saturated heterocycles. The van der Waals surface area contributed by atoms with Gasteiger partial charge in [-0.2, -0.15) is 0 Å². The molecular weight excluding hydrogens is 226 g/mol. The second-order valence-electron chi connectivity index (χ2n) is 4.16. The Balaban J connectivity index is 3.98. The molecule has 0 spiro atoms. The van der Waals surface area contributed by atoms with Gasteiger partial charge in [0.15, 0.2) is 0 Å². The van der Waals surface area contributed by atoms with E-state index in [0.717, 1.165) is 0 Å². The molecule has 0 fully saturated rings. The lowest BCUT2D eigenvalue weighted by atomic mass is 10.3. The van der Waals surface area contributed by atoms with Crippen LogP contribution in [0.2, 0.25) is 0 Å². The lowest BCUT2D eigenvalue weighted by Gasteiger charge is -2.23. The van der Waals surface area contributed by atoms with Crippen LogP contribution in [-0.2, 0) is 14.3 Å². The molecule has 17 heavy (non-hydrogen) atoms. The molecule has 102 valence electrons. The minimum absolute atomic E-state index is 0.0524. The maximum atomic E-state index is 10.6. The van der Waals surface area contributed by atoms with Crippen LogP contribution in [-0.4, -0.2) is 73.2 Å². The first-order chi connectivity index (χ1) is 7.95. The number of carbonyl (C=O) groups is 1. The highest BCUT2D eigenvalue weighted by Gasteiger charge is 2.15. The van der Waals surface area contributed by atoms with Gasteiger partial charge in [0.25, 0.3) is 0 Å². The highest BCUT2D eigenvalue weighted by molar-refractivity contribution is 5.69. The average Bonchev–Trinajstić information content (AvgIpc) is 2.22. The standard InChI is InChI=1S/C11H23NO5/c1-9(2)17-8-10(13)6-12(4-5-16-3)7-11(14)15/h9-10,13H,4-8H2,1-3H3,(H,14,15). The maximum Gasteiger partial charge on any atom is 0.317 e. The number of carboxylic acids is 1. The van der Waals surface area contributed by atoms with Gasteiger partial charge in [0.05, 0.1) is 32.0 Å². The first-order valence-electron chi connectivity index (χ1n) is 5.68. The summed E-state index contributed by atoms with van der Waals surface area (Å²) < 4.78 is 10.1. The first kappa shape index (κ1) is 16.3. The Morgan fingerprint density at radius 3 is 2.53 bits per heavy atom. The first-order valence-corrected chi connectivity index (χ1v) is 5.68. The van der Waals surface area contributed by atoms with Gasteiger partial charge in [0, 0.05) is 20.2 Å². The largest absolute Gasteiger partial charge is 0.480 e. The summed E-state index contributed by atoms with van der Waals surface area (Å²) in [6, 6.07) is 0. The lowest BCUT2D eigenvalue weighted by Crippen LogP contribution is -2.40. The van der Waals surface area contributed by atoms with Crippen LogP contribution in [0.1, 0.15) is 13.8 Å². The smallest absolute Gasteiger partial charge is 0.317 e. The van der Waals surface area contributed by atoms with Crippen molar-refractivity contribution >= 4 is 5.97 Å². The molecule has 0 aliphatic heterocycles. The van der Waals surface area contributed by atoms with Gasteiger partial charge in [-0.05, 0) is 13.8 Å². The van der Waals surface area contributed by atoms with Crippen LogP contribution >= 0.6 is 0 Å². The summed E-state index contributed by atoms with van der Waals surface area (Å²) in [5.74, 6) is -0.918. The van der Waals surface area contributed by atoms with Crippen molar-refractivity contribution in [2.75, 3.05) is 40.0 Å². The SMILES string of the molecule is COCCN(CC(=O)O)CC(O)COC(C)C. The Kier molecular flexibility index (Phi) is 8.97. The normalized spacial score (nSPS) is 13.3. The summed E-state index contributed by atoms with van der Waals surface area (Å²) in [6.45, 7) is 5.04. The number of nitrogens with zero attached hydrogens (tertiary/aromatic N) is 1. The van der Waals surface area contributed by atoms with Gasteiger partial charge in [-0.1, -0.05) is 0 Å². The van der Waals surface area contributed by atoms with E-state index in [1.807, 2.05) is 13.8 Å². The fraction of sp³-hybridized carbons (Fsp3) is 0.909. The lowest BCUT2D eigenvalue weighted by molar-refractivity contribution is -0.139. The summed E-state index contributed by atoms with van der Waals surface area (Å²) in [5, 5.41) is 18.4. The third-order valence-electron chi connectivity index (χ3n) is 2.06. The Morgan fingerprint density at radius 2 is 2.06 bits per heavy atom. The zero-order valence-electron chi connectivity index (χ0n) is 10.8. The van der Waals surface area contributed by atoms with Crippen molar-refractivity contribution in [1.82, 2.24) is 4.90 Å². The van der Waals surface area contributed by atoms with E-state index in [2.05, 4.69) is 0 Å². The number of hydrogen-bond donors (Lipinski definition) is 2. The Labute approximate surface area is 102 Å². The molecule has 6 nitrogen and oxygen atoms in total. The van der Waals surface area contributed by atoms with Crippen LogP contribution in [0.15, 0.2) is 0 Å². The van der Waals surface area contributed by atoms with Crippen molar-refractivity contribution in [3.63, 3.8) is 0 Å². The molecule has 2 N–H and O–H groups in total. The third kappa shape index (κ3) is 10.2. The van der Waals surface area contributed by atoms with E-state index in [1.54, 1.807) is 12.0 Å². The van der Waals surface area contributed by atoms with Gasteiger partial charge < -0.3 is 19.7 Å². The molecule has 0 bridgehead atoms. The van der Waals surface area contributed by atoms with Gasteiger partial charge >= 0.3 is 5.97 Å². The van der Waals surface area contributed by atoms with Gasteiger partial charge in [0.1, 0.15) is 0 Å². The molecule has 0 heterocycles. The third-order valence-corrected chi connectivity index (χ3v) is 2.06. The summed E-state index contributed by atoms with van der Waals surface area (Å²) in [7, 11) is 1.55. The maximum absolute atomic E-state index is 10.6. The second-order valence-corrected chi connectivity index (χ2v) is 4.16. The molecule has 0 aromatic heterocycles. The predicted molar refractivity (Wildman–Crippen MR) is 63.0 cm³/mol. The number of methoxy groups -OCH3 is 1. The van der Waals surface area contributed by atoms with E-state index in [9.17, 15) is 9.90 Å². The number of aliphatic hydroxyl groups is 1. The average molecular weight is 249 g/mol. The topological polar surface area (TPSA) is 79.2 Å².